The number of carbonyl (C=O) groups is 1. The van der Waals surface area contributed by atoms with E-state index in [0.29, 0.717) is 6.42 Å². The Kier molecular flexibility index (Phi) is 8.22. The summed E-state index contributed by atoms with van der Waals surface area (Å²) >= 11 is 0. The largest absolute Gasteiger partial charge is 0.444 e. The summed E-state index contributed by atoms with van der Waals surface area (Å²) in [5.74, 6) is 0. The normalized spacial score (nSPS) is 13.6. The molecule has 0 aliphatic rings. The first kappa shape index (κ1) is 20.2. The van der Waals surface area contributed by atoms with Crippen molar-refractivity contribution < 1.29 is 23.1 Å². The van der Waals surface area contributed by atoms with Crippen LogP contribution in [0, 0.1) is 0 Å². The molecule has 0 fully saturated rings. The van der Waals surface area contributed by atoms with Gasteiger partial charge in [0.2, 0.25) is 0 Å². The summed E-state index contributed by atoms with van der Waals surface area (Å²) in [7, 11) is -3.46. The highest BCUT2D eigenvalue weighted by Gasteiger charge is 2.34. The summed E-state index contributed by atoms with van der Waals surface area (Å²) in [4.78, 5) is 11.8. The number of hydrogen-bond donors (Lipinski definition) is 1. The molecule has 1 unspecified atom stereocenters. The fourth-order valence-corrected chi connectivity index (χ4v) is 3.32. The molecule has 0 heterocycles. The van der Waals surface area contributed by atoms with E-state index in [9.17, 15) is 9.36 Å². The van der Waals surface area contributed by atoms with Crippen molar-refractivity contribution in [1.29, 1.82) is 0 Å². The number of carbonyl (C=O) groups excluding carboxylic acids is 1. The summed E-state index contributed by atoms with van der Waals surface area (Å²) in [5.41, 5.74) is -0.604. The minimum atomic E-state index is -3.46. The molecule has 0 rings (SSSR count). The van der Waals surface area contributed by atoms with Gasteiger partial charge in [-0.3, -0.25) is 4.57 Å². The Labute approximate surface area is 127 Å². The zero-order valence-electron chi connectivity index (χ0n) is 13.9. The SMILES string of the molecule is C=C(C(CC)NC(=O)OC(C)(C)C)P(=O)(OCC)OCC. The second-order valence-electron chi connectivity index (χ2n) is 5.43. The van der Waals surface area contributed by atoms with Crippen molar-refractivity contribution in [3.63, 3.8) is 0 Å². The third-order valence-corrected chi connectivity index (χ3v) is 4.66. The number of ether oxygens (including phenoxy) is 1. The van der Waals surface area contributed by atoms with Crippen molar-refractivity contribution in [3.05, 3.63) is 11.9 Å². The van der Waals surface area contributed by atoms with Gasteiger partial charge in [-0.2, -0.15) is 0 Å². The van der Waals surface area contributed by atoms with Gasteiger partial charge in [0.05, 0.1) is 24.6 Å². The Morgan fingerprint density at radius 1 is 1.19 bits per heavy atom. The second kappa shape index (κ2) is 8.57. The second-order valence-corrected chi connectivity index (χ2v) is 7.52. The van der Waals surface area contributed by atoms with E-state index in [1.807, 2.05) is 6.92 Å². The van der Waals surface area contributed by atoms with Crippen LogP contribution < -0.4 is 5.32 Å². The van der Waals surface area contributed by atoms with Gasteiger partial charge in [0.1, 0.15) is 5.60 Å². The molecule has 0 spiro atoms. The van der Waals surface area contributed by atoms with Gasteiger partial charge in [-0.25, -0.2) is 4.79 Å². The molecule has 1 amide bonds. The van der Waals surface area contributed by atoms with Crippen LogP contribution in [0.3, 0.4) is 0 Å². The molecule has 0 aliphatic heterocycles. The monoisotopic (exact) mass is 321 g/mol. The standard InChI is InChI=1S/C14H28NO5P/c1-8-12(15-13(16)20-14(5,6)7)11(4)21(17,18-9-2)19-10-3/h12H,4,8-10H2,1-3,5-7H3,(H,15,16). The van der Waals surface area contributed by atoms with E-state index in [1.54, 1.807) is 34.6 Å². The molecule has 0 bridgehead atoms. The number of rotatable bonds is 8. The highest BCUT2D eigenvalue weighted by Crippen LogP contribution is 2.56. The Morgan fingerprint density at radius 3 is 2.00 bits per heavy atom. The molecule has 0 aromatic heterocycles. The van der Waals surface area contributed by atoms with E-state index in [-0.39, 0.29) is 18.5 Å². The first-order chi connectivity index (χ1) is 9.59. The third kappa shape index (κ3) is 7.11. The predicted molar refractivity (Wildman–Crippen MR) is 83.4 cm³/mol. The highest BCUT2D eigenvalue weighted by molar-refractivity contribution is 7.58. The summed E-state index contributed by atoms with van der Waals surface area (Å²) < 4.78 is 28.3. The van der Waals surface area contributed by atoms with Crippen molar-refractivity contribution in [3.8, 4) is 0 Å². The minimum absolute atomic E-state index is 0.235. The summed E-state index contributed by atoms with van der Waals surface area (Å²) in [6, 6.07) is -0.538. The average Bonchev–Trinajstić information content (AvgIpc) is 2.33. The number of alkyl carbamates (subject to hydrolysis) is 1. The van der Waals surface area contributed by atoms with Crippen molar-refractivity contribution >= 4 is 13.7 Å². The molecule has 21 heavy (non-hydrogen) atoms. The quantitative estimate of drug-likeness (QED) is 0.682. The average molecular weight is 321 g/mol. The van der Waals surface area contributed by atoms with Gasteiger partial charge in [0.15, 0.2) is 0 Å². The maximum atomic E-state index is 12.6. The Bertz CT molecular complexity index is 393. The van der Waals surface area contributed by atoms with Gasteiger partial charge >= 0.3 is 13.7 Å². The molecular weight excluding hydrogens is 293 g/mol. The lowest BCUT2D eigenvalue weighted by atomic mass is 10.2. The molecule has 1 atom stereocenters. The summed E-state index contributed by atoms with van der Waals surface area (Å²) in [6.45, 7) is 14.9. The van der Waals surface area contributed by atoms with Crippen molar-refractivity contribution in [1.82, 2.24) is 5.32 Å². The van der Waals surface area contributed by atoms with E-state index in [2.05, 4.69) is 11.9 Å². The maximum absolute atomic E-state index is 12.6. The van der Waals surface area contributed by atoms with Crippen LogP contribution in [0.5, 0.6) is 0 Å². The minimum Gasteiger partial charge on any atom is -0.444 e. The van der Waals surface area contributed by atoms with Crippen LogP contribution in [0.2, 0.25) is 0 Å². The zero-order chi connectivity index (χ0) is 16.7. The summed E-state index contributed by atoms with van der Waals surface area (Å²) in [5, 5.41) is 2.89. The van der Waals surface area contributed by atoms with Crippen molar-refractivity contribution in [2.24, 2.45) is 0 Å². The Morgan fingerprint density at radius 2 is 1.67 bits per heavy atom. The number of amides is 1. The van der Waals surface area contributed by atoms with Crippen LogP contribution >= 0.6 is 7.60 Å². The van der Waals surface area contributed by atoms with Crippen LogP contribution in [0.4, 0.5) is 4.79 Å². The highest BCUT2D eigenvalue weighted by atomic mass is 31.2. The summed E-state index contributed by atoms with van der Waals surface area (Å²) in [6.07, 6.45) is -0.0857. The Hall–Kier alpha value is -0.840. The predicted octanol–water partition coefficient (Wildman–Crippen LogP) is 4.07. The molecule has 1 N–H and O–H groups in total. The molecule has 6 nitrogen and oxygen atoms in total. The van der Waals surface area contributed by atoms with Gasteiger partial charge in [-0.05, 0) is 41.0 Å². The lowest BCUT2D eigenvalue weighted by Crippen LogP contribution is -2.39. The smallest absolute Gasteiger partial charge is 0.408 e. The molecule has 0 radical (unpaired) electrons. The van der Waals surface area contributed by atoms with Crippen molar-refractivity contribution in [2.45, 2.75) is 59.6 Å². The van der Waals surface area contributed by atoms with E-state index >= 15 is 0 Å². The van der Waals surface area contributed by atoms with Gasteiger partial charge in [-0.1, -0.05) is 13.5 Å². The van der Waals surface area contributed by atoms with Gasteiger partial charge in [-0.15, -0.1) is 0 Å². The lowest BCUT2D eigenvalue weighted by molar-refractivity contribution is 0.0512. The lowest BCUT2D eigenvalue weighted by Gasteiger charge is -2.27. The third-order valence-electron chi connectivity index (χ3n) is 2.45. The van der Waals surface area contributed by atoms with Gasteiger partial charge in [0, 0.05) is 0 Å². The zero-order valence-corrected chi connectivity index (χ0v) is 14.8. The van der Waals surface area contributed by atoms with Crippen LogP contribution in [-0.2, 0) is 18.3 Å². The van der Waals surface area contributed by atoms with E-state index < -0.39 is 25.3 Å². The molecular formula is C14H28NO5P. The fourth-order valence-electron chi connectivity index (χ4n) is 1.60. The number of nitrogens with one attached hydrogen (secondary N) is 1. The van der Waals surface area contributed by atoms with E-state index in [1.165, 1.54) is 0 Å². The Balaban J connectivity index is 4.96. The van der Waals surface area contributed by atoms with Gasteiger partial charge in [0.25, 0.3) is 0 Å². The van der Waals surface area contributed by atoms with Gasteiger partial charge < -0.3 is 19.1 Å². The molecule has 0 aromatic carbocycles. The van der Waals surface area contributed by atoms with E-state index in [4.69, 9.17) is 13.8 Å². The maximum Gasteiger partial charge on any atom is 0.408 e. The molecule has 124 valence electrons. The van der Waals surface area contributed by atoms with Crippen molar-refractivity contribution in [2.75, 3.05) is 13.2 Å². The molecule has 7 heteroatoms. The molecule has 0 aromatic rings. The van der Waals surface area contributed by atoms with Crippen LogP contribution in [0.1, 0.15) is 48.0 Å². The van der Waals surface area contributed by atoms with E-state index in [0.717, 1.165) is 0 Å². The number of hydrogen-bond acceptors (Lipinski definition) is 5. The fraction of sp³-hybridized carbons (Fsp3) is 0.786. The first-order valence-electron chi connectivity index (χ1n) is 7.17. The molecule has 0 saturated carbocycles. The molecule has 0 saturated heterocycles. The van der Waals surface area contributed by atoms with Crippen LogP contribution in [-0.4, -0.2) is 30.9 Å². The first-order valence-corrected chi connectivity index (χ1v) is 8.71. The van der Waals surface area contributed by atoms with Crippen LogP contribution in [0.15, 0.2) is 11.9 Å². The van der Waals surface area contributed by atoms with Crippen LogP contribution in [0.25, 0.3) is 0 Å². The topological polar surface area (TPSA) is 73.9 Å². The molecule has 0 aliphatic carbocycles.